The van der Waals surface area contributed by atoms with Crippen LogP contribution in [-0.2, 0) is 9.63 Å². The number of hydrogen-bond acceptors (Lipinski definition) is 2. The smallest absolute Gasteiger partial charge is 0.243 e. The van der Waals surface area contributed by atoms with Crippen molar-refractivity contribution in [3.8, 4) is 0 Å². The van der Waals surface area contributed by atoms with Crippen LogP contribution in [0.15, 0.2) is 0 Å². The maximum Gasteiger partial charge on any atom is 0.243 e. The first-order valence-corrected chi connectivity index (χ1v) is 4.19. The number of carbonyl (C=O) groups excluding carboxylic acids is 1. The molecule has 0 fully saturated rings. The maximum atomic E-state index is 10.7. The van der Waals surface area contributed by atoms with E-state index in [4.69, 9.17) is 4.84 Å². The third-order valence-electron chi connectivity index (χ3n) is 1.57. The second kappa shape index (κ2) is 6.16. The molecule has 0 aliphatic heterocycles. The zero-order chi connectivity index (χ0) is 8.69. The van der Waals surface area contributed by atoms with E-state index >= 15 is 0 Å². The van der Waals surface area contributed by atoms with Gasteiger partial charge in [0.1, 0.15) is 0 Å². The van der Waals surface area contributed by atoms with Gasteiger partial charge in [-0.1, -0.05) is 20.8 Å². The number of nitrogens with one attached hydrogen (secondary N) is 1. The number of carbonyl (C=O) groups is 1. The van der Waals surface area contributed by atoms with Crippen molar-refractivity contribution in [2.45, 2.75) is 46.1 Å². The number of hydroxylamine groups is 1. The highest BCUT2D eigenvalue weighted by molar-refractivity contribution is 5.74. The molecule has 0 spiro atoms. The predicted molar refractivity (Wildman–Crippen MR) is 43.9 cm³/mol. The number of hydrogen-bond donors (Lipinski definition) is 1. The topological polar surface area (TPSA) is 38.3 Å². The average Bonchev–Trinajstić information content (AvgIpc) is 2.06. The van der Waals surface area contributed by atoms with Gasteiger partial charge in [0.25, 0.3) is 0 Å². The lowest BCUT2D eigenvalue weighted by molar-refractivity contribution is -0.138. The molecule has 0 aliphatic carbocycles. The van der Waals surface area contributed by atoms with Crippen LogP contribution in [0.4, 0.5) is 0 Å². The quantitative estimate of drug-likeness (QED) is 0.619. The molecule has 0 radical (unpaired) electrons. The van der Waals surface area contributed by atoms with Gasteiger partial charge in [-0.05, 0) is 12.8 Å². The molecule has 3 nitrogen and oxygen atoms in total. The van der Waals surface area contributed by atoms with E-state index in [-0.39, 0.29) is 12.0 Å². The summed E-state index contributed by atoms with van der Waals surface area (Å²) in [6, 6.07) is 0. The molecular weight excluding hydrogens is 142 g/mol. The van der Waals surface area contributed by atoms with E-state index in [1.165, 1.54) is 0 Å². The second-order valence-corrected chi connectivity index (χ2v) is 2.44. The fourth-order valence-corrected chi connectivity index (χ4v) is 0.677. The maximum absolute atomic E-state index is 10.7. The van der Waals surface area contributed by atoms with E-state index in [1.54, 1.807) is 6.92 Å². The minimum Gasteiger partial charge on any atom is -0.273 e. The molecule has 11 heavy (non-hydrogen) atoms. The van der Waals surface area contributed by atoms with Crippen molar-refractivity contribution < 1.29 is 9.63 Å². The molecule has 0 rings (SSSR count). The van der Waals surface area contributed by atoms with Crippen molar-refractivity contribution in [1.82, 2.24) is 5.48 Å². The van der Waals surface area contributed by atoms with Crippen molar-refractivity contribution in [2.75, 3.05) is 0 Å². The first kappa shape index (κ1) is 10.4. The average molecular weight is 159 g/mol. The first-order valence-electron chi connectivity index (χ1n) is 4.19. The summed E-state index contributed by atoms with van der Waals surface area (Å²) in [5.41, 5.74) is 2.40. The van der Waals surface area contributed by atoms with Crippen molar-refractivity contribution in [3.63, 3.8) is 0 Å². The van der Waals surface area contributed by atoms with Gasteiger partial charge in [-0.3, -0.25) is 9.63 Å². The van der Waals surface area contributed by atoms with Gasteiger partial charge in [-0.15, -0.1) is 0 Å². The molecule has 3 heteroatoms. The normalized spacial score (nSPS) is 10.2. The highest BCUT2D eigenvalue weighted by Gasteiger charge is 2.04. The minimum absolute atomic E-state index is 0.0584. The number of amides is 1. The lowest BCUT2D eigenvalue weighted by Gasteiger charge is -2.12. The van der Waals surface area contributed by atoms with Crippen LogP contribution in [0, 0.1) is 0 Å². The van der Waals surface area contributed by atoms with E-state index < -0.39 is 0 Å². The second-order valence-electron chi connectivity index (χ2n) is 2.44. The largest absolute Gasteiger partial charge is 0.273 e. The van der Waals surface area contributed by atoms with E-state index in [2.05, 4.69) is 5.48 Å². The van der Waals surface area contributed by atoms with Gasteiger partial charge in [-0.2, -0.15) is 0 Å². The molecular formula is C8H17NO2. The highest BCUT2D eigenvalue weighted by Crippen LogP contribution is 1.99. The van der Waals surface area contributed by atoms with Gasteiger partial charge in [0.2, 0.25) is 5.91 Å². The zero-order valence-electron chi connectivity index (χ0n) is 7.52. The standard InChI is InChI=1S/C8H17NO2/c1-4-7(5-2)11-9-8(10)6-3/h7H,4-6H2,1-3H3,(H,9,10). The lowest BCUT2D eigenvalue weighted by atomic mass is 10.2. The van der Waals surface area contributed by atoms with Crippen LogP contribution in [0.3, 0.4) is 0 Å². The molecule has 0 atom stereocenters. The van der Waals surface area contributed by atoms with Gasteiger partial charge in [-0.25, -0.2) is 5.48 Å². The van der Waals surface area contributed by atoms with Crippen molar-refractivity contribution in [2.24, 2.45) is 0 Å². The third kappa shape index (κ3) is 4.79. The molecule has 0 saturated heterocycles. The molecule has 0 heterocycles. The Hall–Kier alpha value is -0.570. The monoisotopic (exact) mass is 159 g/mol. The van der Waals surface area contributed by atoms with Gasteiger partial charge in [0, 0.05) is 6.42 Å². The SMILES string of the molecule is CCC(=O)NOC(CC)CC. The summed E-state index contributed by atoms with van der Waals surface area (Å²) in [7, 11) is 0. The Bertz CT molecular complexity index is 111. The lowest BCUT2D eigenvalue weighted by Crippen LogP contribution is -2.28. The van der Waals surface area contributed by atoms with E-state index in [0.717, 1.165) is 12.8 Å². The van der Waals surface area contributed by atoms with Crippen LogP contribution in [-0.4, -0.2) is 12.0 Å². The van der Waals surface area contributed by atoms with Crippen LogP contribution < -0.4 is 5.48 Å². The summed E-state index contributed by atoms with van der Waals surface area (Å²) in [4.78, 5) is 15.8. The molecule has 66 valence electrons. The summed E-state index contributed by atoms with van der Waals surface area (Å²) in [5, 5.41) is 0. The fraction of sp³-hybridized carbons (Fsp3) is 0.875. The molecule has 0 aromatic rings. The number of rotatable bonds is 5. The Labute approximate surface area is 68.1 Å². The molecule has 0 aromatic carbocycles. The summed E-state index contributed by atoms with van der Waals surface area (Å²) < 4.78 is 0. The fourth-order valence-electron chi connectivity index (χ4n) is 0.677. The first-order chi connectivity index (χ1) is 5.24. The van der Waals surface area contributed by atoms with Crippen LogP contribution in [0.1, 0.15) is 40.0 Å². The van der Waals surface area contributed by atoms with Gasteiger partial charge >= 0.3 is 0 Å². The van der Waals surface area contributed by atoms with E-state index in [1.807, 2.05) is 13.8 Å². The van der Waals surface area contributed by atoms with Crippen molar-refractivity contribution in [3.05, 3.63) is 0 Å². The van der Waals surface area contributed by atoms with Gasteiger partial charge in [0.15, 0.2) is 0 Å². The minimum atomic E-state index is -0.0584. The highest BCUT2D eigenvalue weighted by atomic mass is 16.7. The van der Waals surface area contributed by atoms with Gasteiger partial charge in [0.05, 0.1) is 6.10 Å². The van der Waals surface area contributed by atoms with E-state index in [0.29, 0.717) is 6.42 Å². The van der Waals surface area contributed by atoms with Crippen LogP contribution in [0.5, 0.6) is 0 Å². The van der Waals surface area contributed by atoms with Crippen molar-refractivity contribution >= 4 is 5.91 Å². The zero-order valence-corrected chi connectivity index (χ0v) is 7.52. The molecule has 1 amide bonds. The Balaban J connectivity index is 3.42. The molecule has 0 aromatic heterocycles. The van der Waals surface area contributed by atoms with Crippen molar-refractivity contribution in [1.29, 1.82) is 0 Å². The van der Waals surface area contributed by atoms with Gasteiger partial charge < -0.3 is 0 Å². The molecule has 0 saturated carbocycles. The summed E-state index contributed by atoms with van der Waals surface area (Å²) in [6.45, 7) is 5.87. The van der Waals surface area contributed by atoms with E-state index in [9.17, 15) is 4.79 Å². The Morgan fingerprint density at radius 2 is 1.91 bits per heavy atom. The summed E-state index contributed by atoms with van der Waals surface area (Å²) >= 11 is 0. The van der Waals surface area contributed by atoms with Crippen LogP contribution >= 0.6 is 0 Å². The molecule has 0 unspecified atom stereocenters. The summed E-state index contributed by atoms with van der Waals surface area (Å²) in [5.74, 6) is -0.0584. The summed E-state index contributed by atoms with van der Waals surface area (Å²) in [6.07, 6.45) is 2.49. The predicted octanol–water partition coefficient (Wildman–Crippen LogP) is 1.63. The molecule has 0 bridgehead atoms. The third-order valence-corrected chi connectivity index (χ3v) is 1.57. The van der Waals surface area contributed by atoms with Crippen LogP contribution in [0.2, 0.25) is 0 Å². The Morgan fingerprint density at radius 3 is 2.27 bits per heavy atom. The Morgan fingerprint density at radius 1 is 1.36 bits per heavy atom. The van der Waals surface area contributed by atoms with Crippen LogP contribution in [0.25, 0.3) is 0 Å². The Kier molecular flexibility index (Phi) is 5.84. The molecule has 0 aliphatic rings. The molecule has 1 N–H and O–H groups in total.